The number of carbonyl (C=O) groups is 5. The van der Waals surface area contributed by atoms with Gasteiger partial charge in [0.15, 0.2) is 0 Å². The minimum absolute atomic E-state index is 0.0862. The molecule has 0 saturated carbocycles. The Bertz CT molecular complexity index is 2060. The van der Waals surface area contributed by atoms with Crippen LogP contribution in [0.3, 0.4) is 0 Å². The molecule has 294 valence electrons. The summed E-state index contributed by atoms with van der Waals surface area (Å²) in [7, 11) is 0. The van der Waals surface area contributed by atoms with E-state index < -0.39 is 62.6 Å². The summed E-state index contributed by atoms with van der Waals surface area (Å²) in [6.45, 7) is -3.36. The van der Waals surface area contributed by atoms with Gasteiger partial charge >= 0.3 is 29.8 Å². The van der Waals surface area contributed by atoms with E-state index in [-0.39, 0.29) is 37.6 Å². The monoisotopic (exact) mass is 777 g/mol. The number of nitrogens with two attached hydrogens (primary N) is 2. The Hall–Kier alpha value is -7.31. The minimum Gasteiger partial charge on any atom is -0.480 e. The van der Waals surface area contributed by atoms with E-state index in [4.69, 9.17) is 11.5 Å². The normalized spacial score (nSPS) is 10.7. The van der Waals surface area contributed by atoms with Gasteiger partial charge in [-0.1, -0.05) is 23.7 Å². The quantitative estimate of drug-likeness (QED) is 0.0556. The van der Waals surface area contributed by atoms with Gasteiger partial charge in [0.05, 0.1) is 55.5 Å². The van der Waals surface area contributed by atoms with Crippen molar-refractivity contribution >= 4 is 41.2 Å². The lowest BCUT2D eigenvalue weighted by Crippen LogP contribution is -2.34. The van der Waals surface area contributed by atoms with Gasteiger partial charge in [-0.25, -0.2) is 0 Å². The fraction of sp³-hybridized carbons (Fsp3) is 0.225. The first-order chi connectivity index (χ1) is 27.1. The zero-order chi connectivity index (χ0) is 41.5. The van der Waals surface area contributed by atoms with Crippen molar-refractivity contribution in [2.24, 2.45) is 0 Å². The SMILES string of the molecule is Nc1ccc(C#Cc2cc(CN(CC(=O)O)CC(=O)O)nc(CN(CC(=O)O)Cc3cc(C#Cc4ccc(N)cc4)cc(CN(CC(=O)O)CC(=O)O)n3)c2)cc1. The number of aromatic nitrogens is 2. The molecular weight excluding hydrogens is 738 g/mol. The third kappa shape index (κ3) is 15.5. The summed E-state index contributed by atoms with van der Waals surface area (Å²) in [5.74, 6) is 5.92. The van der Waals surface area contributed by atoms with Crippen molar-refractivity contribution in [3.63, 3.8) is 0 Å². The molecule has 4 rings (SSSR count). The lowest BCUT2D eigenvalue weighted by atomic mass is 10.1. The average molecular weight is 778 g/mol. The van der Waals surface area contributed by atoms with Gasteiger partial charge in [0.2, 0.25) is 0 Å². The Morgan fingerprint density at radius 2 is 0.667 bits per heavy atom. The summed E-state index contributed by atoms with van der Waals surface area (Å²) in [5.41, 5.74) is 16.0. The number of carboxylic acid groups (broad SMARTS) is 5. The number of rotatable bonds is 18. The zero-order valence-electron chi connectivity index (χ0n) is 30.5. The largest absolute Gasteiger partial charge is 0.480 e. The number of carboxylic acids is 5. The summed E-state index contributed by atoms with van der Waals surface area (Å²) >= 11 is 0. The smallest absolute Gasteiger partial charge is 0.317 e. The van der Waals surface area contributed by atoms with E-state index in [1.165, 1.54) is 14.7 Å². The van der Waals surface area contributed by atoms with Crippen molar-refractivity contribution in [1.82, 2.24) is 24.7 Å². The maximum atomic E-state index is 12.1. The Morgan fingerprint density at radius 1 is 0.421 bits per heavy atom. The predicted molar refractivity (Wildman–Crippen MR) is 205 cm³/mol. The van der Waals surface area contributed by atoms with Gasteiger partial charge in [-0.05, 0) is 72.8 Å². The first kappa shape index (κ1) is 42.4. The minimum atomic E-state index is -1.25. The van der Waals surface area contributed by atoms with Crippen LogP contribution in [0.4, 0.5) is 11.4 Å². The highest BCUT2D eigenvalue weighted by Gasteiger charge is 2.20. The van der Waals surface area contributed by atoms with Gasteiger partial charge in [-0.15, -0.1) is 0 Å². The number of hydrogen-bond donors (Lipinski definition) is 7. The van der Waals surface area contributed by atoms with Crippen molar-refractivity contribution in [1.29, 1.82) is 0 Å². The van der Waals surface area contributed by atoms with Crippen LogP contribution in [0.15, 0.2) is 72.8 Å². The van der Waals surface area contributed by atoms with E-state index in [1.54, 1.807) is 72.8 Å². The maximum absolute atomic E-state index is 12.1. The predicted octanol–water partition coefficient (Wildman–Crippen LogP) is 1.47. The third-order valence-electron chi connectivity index (χ3n) is 7.72. The Kier molecular flexibility index (Phi) is 15.2. The highest BCUT2D eigenvalue weighted by molar-refractivity contribution is 5.73. The molecule has 0 spiro atoms. The lowest BCUT2D eigenvalue weighted by Gasteiger charge is -2.22. The Morgan fingerprint density at radius 3 is 0.947 bits per heavy atom. The van der Waals surface area contributed by atoms with Crippen LogP contribution in [-0.4, -0.2) is 113 Å². The molecule has 4 aromatic rings. The van der Waals surface area contributed by atoms with Crippen LogP contribution in [0.5, 0.6) is 0 Å². The summed E-state index contributed by atoms with van der Waals surface area (Å²) in [4.78, 5) is 71.3. The zero-order valence-corrected chi connectivity index (χ0v) is 30.5. The molecule has 0 fully saturated rings. The number of anilines is 2. The molecule has 9 N–H and O–H groups in total. The second-order valence-corrected chi connectivity index (χ2v) is 12.8. The van der Waals surface area contributed by atoms with Crippen LogP contribution in [0.1, 0.15) is 45.0 Å². The van der Waals surface area contributed by atoms with Gasteiger partial charge in [0.1, 0.15) is 0 Å². The van der Waals surface area contributed by atoms with Gasteiger partial charge in [0, 0.05) is 59.8 Å². The van der Waals surface area contributed by atoms with Crippen LogP contribution < -0.4 is 11.5 Å². The topological polar surface area (TPSA) is 274 Å². The maximum Gasteiger partial charge on any atom is 0.317 e. The number of benzene rings is 2. The van der Waals surface area contributed by atoms with E-state index in [0.717, 1.165) is 0 Å². The highest BCUT2D eigenvalue weighted by atomic mass is 16.4. The molecule has 17 nitrogen and oxygen atoms in total. The molecular formula is C40H39N7O10. The highest BCUT2D eigenvalue weighted by Crippen LogP contribution is 2.16. The van der Waals surface area contributed by atoms with E-state index in [9.17, 15) is 49.5 Å². The summed E-state index contributed by atoms with van der Waals surface area (Å²) in [6.07, 6.45) is 0. The van der Waals surface area contributed by atoms with Gasteiger partial charge in [0.25, 0.3) is 0 Å². The van der Waals surface area contributed by atoms with Gasteiger partial charge in [-0.2, -0.15) is 0 Å². The molecule has 17 heteroatoms. The van der Waals surface area contributed by atoms with Crippen molar-refractivity contribution in [2.75, 3.05) is 44.2 Å². The summed E-state index contributed by atoms with van der Waals surface area (Å²) in [6, 6.07) is 20.0. The standard InChI is InChI=1S/C40H39N7O10/c41-30-9-5-26(6-10-30)1-3-28-13-32(43-34(15-28)19-46(22-37(50)51)23-38(52)53)17-45(21-36(48)49)18-33-14-29(4-2-27-7-11-31(42)12-8-27)16-35(44-33)20-47(24-39(54)55)25-40(56)57/h5-16H,17-25,41-42H2,(H,48,49)(H,50,51)(H,52,53)(H,54,55)(H,56,57). The first-order valence-corrected chi connectivity index (χ1v) is 17.1. The van der Waals surface area contributed by atoms with E-state index >= 15 is 0 Å². The molecule has 2 aromatic carbocycles. The number of aliphatic carboxylic acids is 5. The number of pyridine rings is 2. The van der Waals surface area contributed by atoms with E-state index in [1.807, 2.05) is 0 Å². The van der Waals surface area contributed by atoms with Crippen molar-refractivity contribution in [3.05, 3.63) is 118 Å². The number of nitrogen functional groups attached to an aromatic ring is 2. The van der Waals surface area contributed by atoms with Gasteiger partial charge < -0.3 is 37.0 Å². The van der Waals surface area contributed by atoms with E-state index in [0.29, 0.717) is 45.0 Å². The molecule has 0 amide bonds. The summed E-state index contributed by atoms with van der Waals surface area (Å²) in [5, 5.41) is 47.5. The molecule has 0 saturated heterocycles. The summed E-state index contributed by atoms with van der Waals surface area (Å²) < 4.78 is 0. The van der Waals surface area contributed by atoms with Crippen molar-refractivity contribution < 1.29 is 49.5 Å². The van der Waals surface area contributed by atoms with Gasteiger partial charge in [-0.3, -0.25) is 48.6 Å². The Balaban J connectivity index is 1.75. The molecule has 0 unspecified atom stereocenters. The molecule has 0 aliphatic carbocycles. The second-order valence-electron chi connectivity index (χ2n) is 12.8. The molecule has 0 aliphatic heterocycles. The van der Waals surface area contributed by atoms with Crippen LogP contribution >= 0.6 is 0 Å². The average Bonchev–Trinajstić information content (AvgIpc) is 3.09. The molecule has 2 aromatic heterocycles. The number of nitrogens with zero attached hydrogens (tertiary/aromatic N) is 5. The van der Waals surface area contributed by atoms with Crippen molar-refractivity contribution in [3.8, 4) is 23.7 Å². The first-order valence-electron chi connectivity index (χ1n) is 17.1. The third-order valence-corrected chi connectivity index (χ3v) is 7.72. The van der Waals surface area contributed by atoms with Crippen LogP contribution in [0, 0.1) is 23.7 Å². The molecule has 0 atom stereocenters. The van der Waals surface area contributed by atoms with Crippen LogP contribution in [0.2, 0.25) is 0 Å². The second kappa shape index (κ2) is 20.4. The van der Waals surface area contributed by atoms with Crippen LogP contribution in [0.25, 0.3) is 0 Å². The molecule has 57 heavy (non-hydrogen) atoms. The molecule has 0 radical (unpaired) electrons. The molecule has 2 heterocycles. The molecule has 0 bridgehead atoms. The number of hydrogen-bond acceptors (Lipinski definition) is 12. The lowest BCUT2D eigenvalue weighted by molar-refractivity contribution is -0.144. The van der Waals surface area contributed by atoms with E-state index in [2.05, 4.69) is 33.6 Å². The Labute approximate surface area is 326 Å². The fourth-order valence-corrected chi connectivity index (χ4v) is 5.57. The molecule has 0 aliphatic rings. The fourth-order valence-electron chi connectivity index (χ4n) is 5.57. The van der Waals surface area contributed by atoms with Crippen molar-refractivity contribution in [2.45, 2.75) is 26.2 Å². The van der Waals surface area contributed by atoms with Crippen LogP contribution in [-0.2, 0) is 50.2 Å².